The molecular formula is C20H21O4P. The Kier molecular flexibility index (Phi) is 5.89. The van der Waals surface area contributed by atoms with Crippen LogP contribution in [0, 0.1) is 0 Å². The number of hydrogen-bond donors (Lipinski definition) is 0. The topological polar surface area (TPSA) is 36.9 Å². The van der Waals surface area contributed by atoms with E-state index in [1.165, 1.54) is 0 Å². The second kappa shape index (κ2) is 8.52. The minimum absolute atomic E-state index is 0.402. The van der Waals surface area contributed by atoms with Gasteiger partial charge in [0.2, 0.25) is 0 Å². The molecule has 4 nitrogen and oxygen atoms in total. The van der Waals surface area contributed by atoms with Crippen molar-refractivity contribution >= 4 is 8.17 Å². The van der Waals surface area contributed by atoms with Crippen LogP contribution in [0.2, 0.25) is 0 Å². The van der Waals surface area contributed by atoms with Crippen LogP contribution in [0.4, 0.5) is 0 Å². The van der Waals surface area contributed by atoms with E-state index in [-0.39, 0.29) is 0 Å². The average molecular weight is 356 g/mol. The fourth-order valence-corrected chi connectivity index (χ4v) is 4.16. The molecule has 0 saturated carbocycles. The van der Waals surface area contributed by atoms with E-state index in [0.717, 1.165) is 0 Å². The van der Waals surface area contributed by atoms with E-state index in [9.17, 15) is 0 Å². The molecule has 5 heteroatoms. The summed E-state index contributed by atoms with van der Waals surface area (Å²) in [5.41, 5.74) is 0. The quantitative estimate of drug-likeness (QED) is 0.487. The molecule has 0 saturated heterocycles. The molecule has 0 aliphatic heterocycles. The third-order valence-corrected chi connectivity index (χ3v) is 5.38. The Balaban J connectivity index is 1.94. The van der Waals surface area contributed by atoms with Crippen LogP contribution in [-0.4, -0.2) is 6.61 Å². The van der Waals surface area contributed by atoms with Crippen LogP contribution in [0.3, 0.4) is 0 Å². The Bertz CT molecular complexity index is 649. The van der Waals surface area contributed by atoms with Crippen LogP contribution in [0.15, 0.2) is 91.0 Å². The van der Waals surface area contributed by atoms with Crippen LogP contribution in [-0.2, 0) is 4.52 Å². The first-order valence-electron chi connectivity index (χ1n) is 8.16. The molecule has 0 amide bonds. The van der Waals surface area contributed by atoms with Gasteiger partial charge < -0.3 is 0 Å². The third kappa shape index (κ3) is 4.96. The first kappa shape index (κ1) is 17.3. The van der Waals surface area contributed by atoms with E-state index in [4.69, 9.17) is 18.1 Å². The average Bonchev–Trinajstić information content (AvgIpc) is 2.64. The van der Waals surface area contributed by atoms with Gasteiger partial charge in [-0.05, 0) is 0 Å². The normalized spacial score (nSPS) is 11.6. The van der Waals surface area contributed by atoms with Crippen LogP contribution in [0.5, 0.6) is 17.2 Å². The van der Waals surface area contributed by atoms with E-state index in [2.05, 4.69) is 0 Å². The van der Waals surface area contributed by atoms with Crippen LogP contribution >= 0.6 is 8.17 Å². The summed E-state index contributed by atoms with van der Waals surface area (Å²) >= 11 is 0. The Morgan fingerprint density at radius 2 is 0.880 bits per heavy atom. The predicted octanol–water partition coefficient (Wildman–Crippen LogP) is 5.67. The van der Waals surface area contributed by atoms with Gasteiger partial charge in [0, 0.05) is 0 Å². The van der Waals surface area contributed by atoms with Crippen molar-refractivity contribution in [2.45, 2.75) is 6.92 Å². The van der Waals surface area contributed by atoms with Gasteiger partial charge >= 0.3 is 148 Å². The van der Waals surface area contributed by atoms with E-state index in [0.29, 0.717) is 23.9 Å². The summed E-state index contributed by atoms with van der Waals surface area (Å²) in [6.45, 7) is 2.29. The van der Waals surface area contributed by atoms with Crippen molar-refractivity contribution in [2.75, 3.05) is 6.61 Å². The van der Waals surface area contributed by atoms with Gasteiger partial charge in [0.05, 0.1) is 0 Å². The van der Waals surface area contributed by atoms with Gasteiger partial charge in [0.15, 0.2) is 0 Å². The first-order chi connectivity index (χ1) is 12.3. The molecule has 0 aliphatic carbocycles. The van der Waals surface area contributed by atoms with Crippen molar-refractivity contribution in [3.63, 3.8) is 0 Å². The second-order valence-electron chi connectivity index (χ2n) is 5.18. The summed E-state index contributed by atoms with van der Waals surface area (Å²) in [6, 6.07) is 28.2. The molecule has 0 spiro atoms. The summed E-state index contributed by atoms with van der Waals surface area (Å²) in [5.74, 6) is 1.90. The van der Waals surface area contributed by atoms with Crippen molar-refractivity contribution in [1.82, 2.24) is 0 Å². The molecule has 0 atom stereocenters. The van der Waals surface area contributed by atoms with Crippen molar-refractivity contribution in [2.24, 2.45) is 0 Å². The molecule has 0 N–H and O–H groups in total. The number of rotatable bonds is 8. The summed E-state index contributed by atoms with van der Waals surface area (Å²) in [6.07, 6.45) is 0. The Morgan fingerprint density at radius 3 is 1.16 bits per heavy atom. The summed E-state index contributed by atoms with van der Waals surface area (Å²) < 4.78 is 24.3. The van der Waals surface area contributed by atoms with Crippen molar-refractivity contribution in [3.05, 3.63) is 91.0 Å². The van der Waals surface area contributed by atoms with Gasteiger partial charge in [-0.25, -0.2) is 0 Å². The molecular weight excluding hydrogens is 335 g/mol. The van der Waals surface area contributed by atoms with Gasteiger partial charge in [-0.15, -0.1) is 0 Å². The molecule has 0 aromatic heterocycles. The molecule has 0 radical (unpaired) electrons. The van der Waals surface area contributed by atoms with Crippen LogP contribution in [0.1, 0.15) is 6.92 Å². The molecule has 3 aromatic rings. The zero-order valence-electron chi connectivity index (χ0n) is 14.0. The molecule has 3 rings (SSSR count). The molecule has 0 unspecified atom stereocenters. The first-order valence-corrected chi connectivity index (χ1v) is 9.79. The van der Waals surface area contributed by atoms with Gasteiger partial charge in [0.25, 0.3) is 0 Å². The number of hydrogen-bond acceptors (Lipinski definition) is 4. The molecule has 0 aliphatic rings. The fourth-order valence-electron chi connectivity index (χ4n) is 2.23. The Hall–Kier alpha value is -2.55. The van der Waals surface area contributed by atoms with Crippen molar-refractivity contribution in [3.8, 4) is 17.2 Å². The van der Waals surface area contributed by atoms with Gasteiger partial charge in [-0.1, -0.05) is 0 Å². The van der Waals surface area contributed by atoms with E-state index in [1.807, 2.05) is 97.9 Å². The van der Waals surface area contributed by atoms with Gasteiger partial charge in [-0.2, -0.15) is 0 Å². The van der Waals surface area contributed by atoms with E-state index >= 15 is 0 Å². The third-order valence-electron chi connectivity index (χ3n) is 3.28. The predicted molar refractivity (Wildman–Crippen MR) is 101 cm³/mol. The Morgan fingerprint density at radius 1 is 0.560 bits per heavy atom. The van der Waals surface area contributed by atoms with Gasteiger partial charge in [0.1, 0.15) is 0 Å². The number of para-hydroxylation sites is 3. The number of benzene rings is 3. The monoisotopic (exact) mass is 356 g/mol. The second-order valence-corrected chi connectivity index (χ2v) is 7.08. The Labute approximate surface area is 148 Å². The van der Waals surface area contributed by atoms with Crippen LogP contribution < -0.4 is 13.6 Å². The summed E-state index contributed by atoms with van der Waals surface area (Å²) in [5, 5.41) is 0. The molecule has 25 heavy (non-hydrogen) atoms. The summed E-state index contributed by atoms with van der Waals surface area (Å²) in [7, 11) is -3.52. The van der Waals surface area contributed by atoms with E-state index in [1.54, 1.807) is 0 Å². The zero-order chi connectivity index (χ0) is 17.4. The maximum absolute atomic E-state index is 6.12. The SMILES string of the molecule is CCO[PH](Oc1ccccc1)(Oc1ccccc1)Oc1ccccc1. The standard InChI is InChI=1S/C20H21O4P/c1-2-21-25(22-18-12-6-3-7-13-18,23-19-14-8-4-9-15-19)24-20-16-10-5-11-17-20/h3-17,25H,2H2,1H3. The van der Waals surface area contributed by atoms with Gasteiger partial charge in [-0.3, -0.25) is 0 Å². The molecule has 0 bridgehead atoms. The summed E-state index contributed by atoms with van der Waals surface area (Å²) in [4.78, 5) is 0. The fraction of sp³-hybridized carbons (Fsp3) is 0.100. The maximum atomic E-state index is 6.12. The minimum atomic E-state index is -3.52. The molecule has 0 heterocycles. The molecule has 0 fully saturated rings. The zero-order valence-corrected chi connectivity index (χ0v) is 15.0. The molecule has 130 valence electrons. The molecule has 3 aromatic carbocycles. The van der Waals surface area contributed by atoms with Crippen molar-refractivity contribution < 1.29 is 18.1 Å². The van der Waals surface area contributed by atoms with Crippen LogP contribution in [0.25, 0.3) is 0 Å². The van der Waals surface area contributed by atoms with Crippen molar-refractivity contribution in [1.29, 1.82) is 0 Å². The van der Waals surface area contributed by atoms with E-state index < -0.39 is 8.17 Å².